The summed E-state index contributed by atoms with van der Waals surface area (Å²) in [4.78, 5) is 8.55. The maximum Gasteiger partial charge on any atom is 0.181 e. The van der Waals surface area contributed by atoms with Crippen LogP contribution in [-0.2, 0) is 6.54 Å². The van der Waals surface area contributed by atoms with Crippen LogP contribution in [0.4, 0.5) is 0 Å². The van der Waals surface area contributed by atoms with Crippen LogP contribution in [0.2, 0.25) is 0 Å². The number of H-pyrrole nitrogens is 1. The monoisotopic (exact) mass is 325 g/mol. The number of aromatic nitrogens is 4. The normalized spacial score (nSPS) is 16.7. The summed E-state index contributed by atoms with van der Waals surface area (Å²) >= 11 is 1.59. The molecule has 0 atom stereocenters. The lowest BCUT2D eigenvalue weighted by Crippen LogP contribution is -2.32. The van der Waals surface area contributed by atoms with Crippen molar-refractivity contribution in [2.45, 2.75) is 25.3 Å². The second-order valence-electron chi connectivity index (χ2n) is 5.94. The van der Waals surface area contributed by atoms with Crippen LogP contribution >= 0.6 is 11.5 Å². The highest BCUT2D eigenvalue weighted by atomic mass is 32.1. The fourth-order valence-electron chi connectivity index (χ4n) is 3.08. The van der Waals surface area contributed by atoms with Gasteiger partial charge in [-0.1, -0.05) is 30.3 Å². The number of hydrogen-bond donors (Lipinski definition) is 1. The Morgan fingerprint density at radius 1 is 1.13 bits per heavy atom. The number of nitrogens with zero attached hydrogens (tertiary/aromatic N) is 4. The van der Waals surface area contributed by atoms with Crippen molar-refractivity contribution in [1.29, 1.82) is 0 Å². The van der Waals surface area contributed by atoms with Gasteiger partial charge in [0, 0.05) is 29.1 Å². The van der Waals surface area contributed by atoms with Crippen molar-refractivity contribution in [3.8, 4) is 11.4 Å². The summed E-state index contributed by atoms with van der Waals surface area (Å²) in [6.07, 6.45) is 4.14. The highest BCUT2D eigenvalue weighted by Gasteiger charge is 2.23. The number of hydrogen-bond acceptors (Lipinski definition) is 5. The summed E-state index contributed by atoms with van der Waals surface area (Å²) in [5, 5.41) is 7.53. The molecule has 0 aliphatic carbocycles. The maximum absolute atomic E-state index is 4.71. The molecule has 1 N–H and O–H groups in total. The van der Waals surface area contributed by atoms with E-state index < -0.39 is 0 Å². The first kappa shape index (κ1) is 14.5. The van der Waals surface area contributed by atoms with E-state index in [1.807, 2.05) is 36.5 Å². The third-order valence-electron chi connectivity index (χ3n) is 4.38. The third-order valence-corrected chi connectivity index (χ3v) is 5.11. The average molecular weight is 325 g/mol. The number of rotatable bonds is 4. The molecular formula is C17H19N5S. The Kier molecular flexibility index (Phi) is 4.17. The van der Waals surface area contributed by atoms with Gasteiger partial charge in [0.15, 0.2) is 5.82 Å². The largest absolute Gasteiger partial charge is 0.298 e. The second-order valence-corrected chi connectivity index (χ2v) is 6.86. The molecule has 1 aromatic carbocycles. The summed E-state index contributed by atoms with van der Waals surface area (Å²) in [5.41, 5.74) is 1.07. The molecule has 0 spiro atoms. The SMILES string of the molecule is c1ccc(-c2n[nH]c(C3CCN(Cc4ccns4)CC3)n2)cc1. The fraction of sp³-hybridized carbons (Fsp3) is 0.353. The van der Waals surface area contributed by atoms with Crippen molar-refractivity contribution in [3.05, 3.63) is 53.3 Å². The molecule has 0 amide bonds. The van der Waals surface area contributed by atoms with Gasteiger partial charge >= 0.3 is 0 Å². The molecule has 1 saturated heterocycles. The Bertz CT molecular complexity index is 729. The Morgan fingerprint density at radius 2 is 1.96 bits per heavy atom. The van der Waals surface area contributed by atoms with Gasteiger partial charge in [0.1, 0.15) is 5.82 Å². The van der Waals surface area contributed by atoms with E-state index in [1.54, 1.807) is 11.5 Å². The predicted molar refractivity (Wildman–Crippen MR) is 91.2 cm³/mol. The van der Waals surface area contributed by atoms with Crippen molar-refractivity contribution in [1.82, 2.24) is 24.5 Å². The van der Waals surface area contributed by atoms with Gasteiger partial charge in [-0.2, -0.15) is 5.10 Å². The van der Waals surface area contributed by atoms with Crippen LogP contribution in [0, 0.1) is 0 Å². The summed E-state index contributed by atoms with van der Waals surface area (Å²) in [6.45, 7) is 3.22. The highest BCUT2D eigenvalue weighted by molar-refractivity contribution is 7.05. The molecule has 23 heavy (non-hydrogen) atoms. The molecule has 1 fully saturated rings. The molecule has 0 bridgehead atoms. The smallest absolute Gasteiger partial charge is 0.181 e. The zero-order valence-corrected chi connectivity index (χ0v) is 13.7. The van der Waals surface area contributed by atoms with Gasteiger partial charge < -0.3 is 0 Å². The molecule has 3 heterocycles. The zero-order chi connectivity index (χ0) is 15.5. The number of nitrogens with one attached hydrogen (secondary N) is 1. The van der Waals surface area contributed by atoms with Gasteiger partial charge in [-0.25, -0.2) is 9.36 Å². The Hall–Kier alpha value is -2.05. The van der Waals surface area contributed by atoms with E-state index in [-0.39, 0.29) is 0 Å². The lowest BCUT2D eigenvalue weighted by molar-refractivity contribution is 0.203. The van der Waals surface area contributed by atoms with Crippen LogP contribution in [0.3, 0.4) is 0 Å². The molecular weight excluding hydrogens is 306 g/mol. The summed E-state index contributed by atoms with van der Waals surface area (Å²) < 4.78 is 4.17. The van der Waals surface area contributed by atoms with Crippen LogP contribution in [0.15, 0.2) is 42.6 Å². The van der Waals surface area contributed by atoms with Crippen molar-refractivity contribution >= 4 is 11.5 Å². The molecule has 118 valence electrons. The van der Waals surface area contributed by atoms with Crippen LogP contribution in [-0.4, -0.2) is 37.5 Å². The van der Waals surface area contributed by atoms with Crippen molar-refractivity contribution in [3.63, 3.8) is 0 Å². The minimum Gasteiger partial charge on any atom is -0.298 e. The van der Waals surface area contributed by atoms with Gasteiger partial charge in [-0.3, -0.25) is 10.00 Å². The Balaban J connectivity index is 1.38. The van der Waals surface area contributed by atoms with E-state index in [2.05, 4.69) is 25.5 Å². The third kappa shape index (κ3) is 3.33. The molecule has 0 radical (unpaired) electrons. The molecule has 5 nitrogen and oxygen atoms in total. The minimum atomic E-state index is 0.484. The van der Waals surface area contributed by atoms with Crippen molar-refractivity contribution in [2.75, 3.05) is 13.1 Å². The number of benzene rings is 1. The standard InChI is InChI=1S/C17H19N5S/c1-2-4-13(5-3-1)16-19-17(21-20-16)14-7-10-22(11-8-14)12-15-6-9-18-23-15/h1-6,9,14H,7-8,10-12H2,(H,19,20,21). The van der Waals surface area contributed by atoms with Crippen LogP contribution in [0.25, 0.3) is 11.4 Å². The Labute approximate surface area is 139 Å². The fourth-order valence-corrected chi connectivity index (χ4v) is 3.70. The summed E-state index contributed by atoms with van der Waals surface area (Å²) in [6, 6.07) is 12.2. The average Bonchev–Trinajstić information content (AvgIpc) is 3.28. The van der Waals surface area contributed by atoms with E-state index >= 15 is 0 Å². The number of aromatic amines is 1. The first-order valence-electron chi connectivity index (χ1n) is 7.98. The number of likely N-dealkylation sites (tertiary alicyclic amines) is 1. The lowest BCUT2D eigenvalue weighted by atomic mass is 9.96. The van der Waals surface area contributed by atoms with Crippen LogP contribution in [0.5, 0.6) is 0 Å². The van der Waals surface area contributed by atoms with E-state index in [0.717, 1.165) is 49.7 Å². The molecule has 4 rings (SSSR count). The highest BCUT2D eigenvalue weighted by Crippen LogP contribution is 2.27. The predicted octanol–water partition coefficient (Wildman–Crippen LogP) is 3.31. The topological polar surface area (TPSA) is 57.7 Å². The number of piperidine rings is 1. The van der Waals surface area contributed by atoms with Gasteiger partial charge in [0.2, 0.25) is 0 Å². The first-order chi connectivity index (χ1) is 11.4. The van der Waals surface area contributed by atoms with Crippen molar-refractivity contribution in [2.24, 2.45) is 0 Å². The van der Waals surface area contributed by atoms with E-state index in [0.29, 0.717) is 5.92 Å². The van der Waals surface area contributed by atoms with Gasteiger partial charge in [-0.15, -0.1) is 0 Å². The molecule has 6 heteroatoms. The van der Waals surface area contributed by atoms with E-state index in [4.69, 9.17) is 4.98 Å². The molecule has 3 aromatic rings. The minimum absolute atomic E-state index is 0.484. The van der Waals surface area contributed by atoms with Crippen LogP contribution in [0.1, 0.15) is 29.5 Å². The van der Waals surface area contributed by atoms with E-state index in [1.165, 1.54) is 4.88 Å². The molecule has 1 aliphatic heterocycles. The first-order valence-corrected chi connectivity index (χ1v) is 8.75. The zero-order valence-electron chi connectivity index (χ0n) is 12.9. The van der Waals surface area contributed by atoms with Crippen LogP contribution < -0.4 is 0 Å². The molecule has 0 saturated carbocycles. The summed E-state index contributed by atoms with van der Waals surface area (Å²) in [5.74, 6) is 2.31. The quantitative estimate of drug-likeness (QED) is 0.799. The molecule has 2 aromatic heterocycles. The molecule has 1 aliphatic rings. The lowest BCUT2D eigenvalue weighted by Gasteiger charge is -2.30. The molecule has 0 unspecified atom stereocenters. The maximum atomic E-state index is 4.71. The van der Waals surface area contributed by atoms with E-state index in [9.17, 15) is 0 Å². The summed E-state index contributed by atoms with van der Waals surface area (Å²) in [7, 11) is 0. The van der Waals surface area contributed by atoms with Gasteiger partial charge in [0.25, 0.3) is 0 Å². The Morgan fingerprint density at radius 3 is 2.70 bits per heavy atom. The van der Waals surface area contributed by atoms with Gasteiger partial charge in [0.05, 0.1) is 0 Å². The van der Waals surface area contributed by atoms with Crippen molar-refractivity contribution < 1.29 is 0 Å². The van der Waals surface area contributed by atoms with Gasteiger partial charge in [-0.05, 0) is 43.5 Å². The second kappa shape index (κ2) is 6.60.